The predicted molar refractivity (Wildman–Crippen MR) is 179 cm³/mol. The van der Waals surface area contributed by atoms with Crippen molar-refractivity contribution in [1.29, 1.82) is 0 Å². The van der Waals surface area contributed by atoms with E-state index in [1.165, 1.54) is 0 Å². The Balaban J connectivity index is 1.55. The maximum atomic E-state index is 12.3. The Kier molecular flexibility index (Phi) is 17.0. The molecule has 14 N–H and O–H groups in total. The molecule has 1 unspecified atom stereocenters. The van der Waals surface area contributed by atoms with E-state index in [0.717, 1.165) is 20.8 Å². The average Bonchev–Trinajstić information content (AvgIpc) is 3.14. The van der Waals surface area contributed by atoms with E-state index < -0.39 is 177 Å². The predicted octanol–water partition coefficient (Wildman–Crippen LogP) is -9.49. The van der Waals surface area contributed by atoms with Gasteiger partial charge in [0, 0.05) is 20.8 Å². The number of nitrogens with one attached hydrogen (secondary N) is 3. The highest BCUT2D eigenvalue weighted by molar-refractivity contribution is 7.80. The second kappa shape index (κ2) is 20.4. The minimum atomic E-state index is -5.25. The van der Waals surface area contributed by atoms with Gasteiger partial charge in [-0.1, -0.05) is 0 Å². The fourth-order valence-corrected chi connectivity index (χ4v) is 7.42. The normalized spacial score (nSPS) is 43.6. The molecule has 20 atom stereocenters. The van der Waals surface area contributed by atoms with Gasteiger partial charge in [-0.25, -0.2) is 4.18 Å². The van der Waals surface area contributed by atoms with Crippen LogP contribution >= 0.6 is 0 Å². The van der Waals surface area contributed by atoms with E-state index in [1.807, 2.05) is 0 Å². The van der Waals surface area contributed by atoms with Crippen molar-refractivity contribution in [2.45, 2.75) is 143 Å². The summed E-state index contributed by atoms with van der Waals surface area (Å²) in [7, 11) is -5.25. The minimum absolute atomic E-state index is 0.735. The van der Waals surface area contributed by atoms with Crippen molar-refractivity contribution in [1.82, 2.24) is 16.0 Å². The summed E-state index contributed by atoms with van der Waals surface area (Å²) in [5.74, 6) is -2.33. The number of rotatable bonds is 15. The first kappa shape index (κ1) is 48.3. The molecule has 0 aromatic carbocycles. The second-order valence-corrected chi connectivity index (χ2v) is 14.9. The molecule has 4 saturated heterocycles. The van der Waals surface area contributed by atoms with Crippen LogP contribution in [0.5, 0.6) is 0 Å². The van der Waals surface area contributed by atoms with E-state index in [1.54, 1.807) is 0 Å². The van der Waals surface area contributed by atoms with E-state index in [9.17, 15) is 78.4 Å². The van der Waals surface area contributed by atoms with Gasteiger partial charge in [0.25, 0.3) is 0 Å². The molecular formula is C30H51N3O24S. The summed E-state index contributed by atoms with van der Waals surface area (Å²) >= 11 is 0. The first-order chi connectivity index (χ1) is 27.1. The summed E-state index contributed by atoms with van der Waals surface area (Å²) < 4.78 is 76.1. The van der Waals surface area contributed by atoms with Crippen LogP contribution in [0.2, 0.25) is 0 Å². The Hall–Kier alpha value is -2.40. The summed E-state index contributed by atoms with van der Waals surface area (Å²) in [4.78, 5) is 36.3. The average molecular weight is 870 g/mol. The highest BCUT2D eigenvalue weighted by atomic mass is 32.3. The lowest BCUT2D eigenvalue weighted by Crippen LogP contribution is -2.70. The van der Waals surface area contributed by atoms with Crippen molar-refractivity contribution in [2.24, 2.45) is 0 Å². The summed E-state index contributed by atoms with van der Waals surface area (Å²) in [6, 6.07) is -4.89. The Morgan fingerprint density at radius 3 is 1.53 bits per heavy atom. The zero-order valence-electron chi connectivity index (χ0n) is 31.0. The Labute approximate surface area is 329 Å². The number of amides is 3. The lowest BCUT2D eigenvalue weighted by atomic mass is 9.94. The van der Waals surface area contributed by atoms with Gasteiger partial charge < -0.3 is 100 Å². The van der Waals surface area contributed by atoms with Crippen molar-refractivity contribution in [2.75, 3.05) is 26.4 Å². The Bertz CT molecular complexity index is 1500. The number of hydrogen-bond donors (Lipinski definition) is 14. The van der Waals surface area contributed by atoms with E-state index in [4.69, 9.17) is 33.2 Å². The molecule has 4 aliphatic rings. The van der Waals surface area contributed by atoms with Crippen molar-refractivity contribution < 1.29 is 116 Å². The van der Waals surface area contributed by atoms with Crippen molar-refractivity contribution in [3.05, 3.63) is 0 Å². The van der Waals surface area contributed by atoms with E-state index in [-0.39, 0.29) is 0 Å². The topological polar surface area (TPSA) is 418 Å². The summed E-state index contributed by atoms with van der Waals surface area (Å²) in [6.45, 7) is -0.497. The SMILES string of the molecule is CC(=O)N[C@H]1[C@H](O[C@H]2[C@H](O)[C@@H](NC(C)=O)[C@H](OC[C@H]3OC(O)[C@H](NC(C)=O)[C@@H](O[C@@H]4O[C@H](CO)[C@H](O)[C@H](O)[C@H]4O)[C@H]3O)O[C@@H]2CO)O[C@H](CO)[C@H](OS(=O)(=O)O)[C@@H]1O. The number of carbonyl (C=O) groups is 3. The van der Waals surface area contributed by atoms with Crippen molar-refractivity contribution in [3.63, 3.8) is 0 Å². The first-order valence-electron chi connectivity index (χ1n) is 17.7. The van der Waals surface area contributed by atoms with Gasteiger partial charge in [0.1, 0.15) is 97.5 Å². The van der Waals surface area contributed by atoms with Crippen LogP contribution in [0.4, 0.5) is 0 Å². The van der Waals surface area contributed by atoms with Gasteiger partial charge in [0.15, 0.2) is 25.2 Å². The van der Waals surface area contributed by atoms with Gasteiger partial charge in [-0.2, -0.15) is 8.42 Å². The summed E-state index contributed by atoms with van der Waals surface area (Å²) in [6.07, 6.45) is -30.8. The molecule has 336 valence electrons. The fraction of sp³-hybridized carbons (Fsp3) is 0.900. The van der Waals surface area contributed by atoms with Crippen LogP contribution in [-0.4, -0.2) is 231 Å². The third-order valence-electron chi connectivity index (χ3n) is 9.60. The lowest BCUT2D eigenvalue weighted by Gasteiger charge is -2.49. The van der Waals surface area contributed by atoms with Crippen LogP contribution in [0.25, 0.3) is 0 Å². The maximum Gasteiger partial charge on any atom is 0.397 e. The summed E-state index contributed by atoms with van der Waals surface area (Å²) in [5, 5.41) is 112. The second-order valence-electron chi connectivity index (χ2n) is 13.9. The van der Waals surface area contributed by atoms with E-state index >= 15 is 0 Å². The van der Waals surface area contributed by atoms with Crippen LogP contribution < -0.4 is 16.0 Å². The molecule has 0 saturated carbocycles. The number of aliphatic hydroxyl groups excluding tert-OH is 10. The number of carbonyl (C=O) groups excluding carboxylic acids is 3. The highest BCUT2D eigenvalue weighted by Gasteiger charge is 2.55. The van der Waals surface area contributed by atoms with E-state index in [2.05, 4.69) is 20.1 Å². The van der Waals surface area contributed by atoms with Gasteiger partial charge >= 0.3 is 10.4 Å². The van der Waals surface area contributed by atoms with Crippen molar-refractivity contribution in [3.8, 4) is 0 Å². The summed E-state index contributed by atoms with van der Waals surface area (Å²) in [5.41, 5.74) is 0. The van der Waals surface area contributed by atoms with Crippen LogP contribution in [0.15, 0.2) is 0 Å². The molecule has 0 aromatic heterocycles. The molecule has 0 bridgehead atoms. The Morgan fingerprint density at radius 2 is 1.00 bits per heavy atom. The third kappa shape index (κ3) is 11.5. The molecule has 4 aliphatic heterocycles. The quantitative estimate of drug-likeness (QED) is 0.0679. The minimum Gasteiger partial charge on any atom is -0.394 e. The molecule has 0 aromatic rings. The molecule has 0 radical (unpaired) electrons. The number of hydrogen-bond acceptors (Lipinski definition) is 23. The molecule has 58 heavy (non-hydrogen) atoms. The first-order valence-corrected chi connectivity index (χ1v) is 19.1. The zero-order valence-corrected chi connectivity index (χ0v) is 31.8. The fourth-order valence-electron chi connectivity index (χ4n) is 6.90. The molecule has 0 aliphatic carbocycles. The standard InChI is InChI=1S/C30H51N3O24S/c1-8(37)31-15-20(42)24(55-29-16(32-9(2)38)21(43)25(13(6-36)54-29)57-58(47,48)49)12(5-35)53-28(15)50-7-14-19(41)26(17(27(46)51-14)33-10(3)39)56-30-23(45)22(44)18(40)11(4-34)52-30/h11-30,34-36,40-46H,4-7H2,1-3H3,(H,31,37)(H,32,38)(H,33,39)(H,47,48,49)/t11-,12-,13-,14-,15-,16-,17-,18+,19+,20-,21-,22+,23-,24-,25+,26-,27?,28-,29+,30+/m1/s1. The number of ether oxygens (including phenoxy) is 7. The monoisotopic (exact) mass is 869 g/mol. The molecular weight excluding hydrogens is 818 g/mol. The molecule has 27 nitrogen and oxygen atoms in total. The Morgan fingerprint density at radius 1 is 0.534 bits per heavy atom. The highest BCUT2D eigenvalue weighted by Crippen LogP contribution is 2.33. The molecule has 4 fully saturated rings. The molecule has 4 heterocycles. The molecule has 3 amide bonds. The van der Waals surface area contributed by atoms with Gasteiger partial charge in [-0.3, -0.25) is 18.9 Å². The third-order valence-corrected chi connectivity index (χ3v) is 10.1. The van der Waals surface area contributed by atoms with Crippen LogP contribution in [0.1, 0.15) is 20.8 Å². The smallest absolute Gasteiger partial charge is 0.394 e. The van der Waals surface area contributed by atoms with Gasteiger partial charge in [0.2, 0.25) is 17.7 Å². The van der Waals surface area contributed by atoms with E-state index in [0.29, 0.717) is 0 Å². The van der Waals surface area contributed by atoms with Crippen LogP contribution in [-0.2, 0) is 62.1 Å². The largest absolute Gasteiger partial charge is 0.397 e. The van der Waals surface area contributed by atoms with Crippen LogP contribution in [0.3, 0.4) is 0 Å². The van der Waals surface area contributed by atoms with Gasteiger partial charge in [-0.15, -0.1) is 0 Å². The zero-order chi connectivity index (χ0) is 43.4. The van der Waals surface area contributed by atoms with Gasteiger partial charge in [0.05, 0.1) is 26.4 Å². The maximum absolute atomic E-state index is 12.3. The van der Waals surface area contributed by atoms with Crippen molar-refractivity contribution >= 4 is 28.1 Å². The van der Waals surface area contributed by atoms with Gasteiger partial charge in [-0.05, 0) is 0 Å². The van der Waals surface area contributed by atoms with Crippen LogP contribution in [0, 0.1) is 0 Å². The molecule has 0 spiro atoms. The molecule has 28 heteroatoms. The lowest BCUT2D eigenvalue weighted by molar-refractivity contribution is -0.350. The number of aliphatic hydroxyl groups is 10. The molecule has 4 rings (SSSR count).